The fraction of sp³-hybridized carbons (Fsp3) is 0.364. The van der Waals surface area contributed by atoms with E-state index in [9.17, 15) is 9.59 Å². The highest BCUT2D eigenvalue weighted by molar-refractivity contribution is 6.30. The molecule has 0 unspecified atom stereocenters. The monoisotopic (exact) mass is 402 g/mol. The summed E-state index contributed by atoms with van der Waals surface area (Å²) in [4.78, 5) is 26.9. The van der Waals surface area contributed by atoms with Gasteiger partial charge in [0.1, 0.15) is 11.8 Å². The lowest BCUT2D eigenvalue weighted by Crippen LogP contribution is -2.49. The number of hydrogen-bond acceptors (Lipinski definition) is 3. The lowest BCUT2D eigenvalue weighted by Gasteiger charge is -2.29. The number of para-hydroxylation sites is 1. The minimum absolute atomic E-state index is 0.146. The van der Waals surface area contributed by atoms with Gasteiger partial charge in [0.2, 0.25) is 5.91 Å². The summed E-state index contributed by atoms with van der Waals surface area (Å²) in [6.07, 6.45) is 0. The van der Waals surface area contributed by atoms with Crippen molar-refractivity contribution in [3.63, 3.8) is 0 Å². The summed E-state index contributed by atoms with van der Waals surface area (Å²) in [7, 11) is 0. The largest absolute Gasteiger partial charge is 0.484 e. The lowest BCUT2D eigenvalue weighted by atomic mass is 10.1. The molecule has 2 amide bonds. The molecule has 2 aromatic rings. The summed E-state index contributed by atoms with van der Waals surface area (Å²) in [5.74, 6) is 0.477. The average molecular weight is 403 g/mol. The minimum Gasteiger partial charge on any atom is -0.484 e. The highest BCUT2D eigenvalue weighted by Crippen LogP contribution is 2.16. The van der Waals surface area contributed by atoms with Crippen molar-refractivity contribution in [2.45, 2.75) is 33.4 Å². The van der Waals surface area contributed by atoms with Gasteiger partial charge in [-0.05, 0) is 42.7 Å². The maximum atomic E-state index is 12.9. The Morgan fingerprint density at radius 3 is 2.43 bits per heavy atom. The fourth-order valence-corrected chi connectivity index (χ4v) is 2.82. The van der Waals surface area contributed by atoms with E-state index < -0.39 is 6.04 Å². The molecule has 6 heteroatoms. The molecule has 0 saturated carbocycles. The standard InChI is InChI=1S/C22H27ClN2O3/c1-16(2)13-24-22(27)17(3)25(14-18-8-7-9-19(23)12-18)21(26)15-28-20-10-5-4-6-11-20/h4-12,16-17H,13-15H2,1-3H3,(H,24,27)/t17-/m1/s1. The Balaban J connectivity index is 2.11. The van der Waals surface area contributed by atoms with Crippen molar-refractivity contribution in [2.75, 3.05) is 13.2 Å². The minimum atomic E-state index is -0.635. The number of amides is 2. The highest BCUT2D eigenvalue weighted by Gasteiger charge is 2.26. The number of rotatable bonds is 9. The van der Waals surface area contributed by atoms with Gasteiger partial charge in [-0.2, -0.15) is 0 Å². The molecule has 2 rings (SSSR count). The third kappa shape index (κ3) is 6.89. The number of nitrogens with zero attached hydrogens (tertiary/aromatic N) is 1. The Kier molecular flexibility index (Phi) is 8.33. The maximum absolute atomic E-state index is 12.9. The van der Waals surface area contributed by atoms with E-state index in [1.807, 2.05) is 44.2 Å². The normalized spacial score (nSPS) is 11.8. The molecule has 0 bridgehead atoms. The van der Waals surface area contributed by atoms with Crippen molar-refractivity contribution in [3.8, 4) is 5.75 Å². The Morgan fingerprint density at radius 2 is 1.79 bits per heavy atom. The smallest absolute Gasteiger partial charge is 0.261 e. The summed E-state index contributed by atoms with van der Waals surface area (Å²) >= 11 is 6.07. The van der Waals surface area contributed by atoms with Crippen LogP contribution in [0.15, 0.2) is 54.6 Å². The summed E-state index contributed by atoms with van der Waals surface area (Å²) in [6.45, 7) is 6.45. The van der Waals surface area contributed by atoms with Gasteiger partial charge in [-0.1, -0.05) is 55.8 Å². The zero-order valence-corrected chi connectivity index (χ0v) is 17.3. The van der Waals surface area contributed by atoms with E-state index in [0.717, 1.165) is 5.56 Å². The van der Waals surface area contributed by atoms with Gasteiger partial charge >= 0.3 is 0 Å². The molecule has 5 nitrogen and oxygen atoms in total. The van der Waals surface area contributed by atoms with Crippen LogP contribution in [0.2, 0.25) is 5.02 Å². The van der Waals surface area contributed by atoms with Crippen LogP contribution in [-0.4, -0.2) is 35.9 Å². The van der Waals surface area contributed by atoms with Crippen molar-refractivity contribution < 1.29 is 14.3 Å². The zero-order chi connectivity index (χ0) is 20.5. The molecule has 28 heavy (non-hydrogen) atoms. The van der Waals surface area contributed by atoms with Crippen LogP contribution >= 0.6 is 11.6 Å². The van der Waals surface area contributed by atoms with E-state index in [0.29, 0.717) is 23.2 Å². The molecule has 1 N–H and O–H groups in total. The van der Waals surface area contributed by atoms with Crippen molar-refractivity contribution in [2.24, 2.45) is 5.92 Å². The van der Waals surface area contributed by atoms with E-state index in [4.69, 9.17) is 16.3 Å². The molecule has 0 aliphatic heterocycles. The van der Waals surface area contributed by atoms with E-state index in [2.05, 4.69) is 5.32 Å². The van der Waals surface area contributed by atoms with Crippen LogP contribution in [0.3, 0.4) is 0 Å². The lowest BCUT2D eigenvalue weighted by molar-refractivity contribution is -0.142. The van der Waals surface area contributed by atoms with Gasteiger partial charge < -0.3 is 15.0 Å². The maximum Gasteiger partial charge on any atom is 0.261 e. The van der Waals surface area contributed by atoms with Crippen LogP contribution in [0.5, 0.6) is 5.75 Å². The third-order valence-electron chi connectivity index (χ3n) is 4.20. The van der Waals surface area contributed by atoms with E-state index >= 15 is 0 Å². The average Bonchev–Trinajstić information content (AvgIpc) is 2.68. The van der Waals surface area contributed by atoms with Crippen molar-refractivity contribution in [1.82, 2.24) is 10.2 Å². The molecule has 0 spiro atoms. The molecule has 1 atom stereocenters. The summed E-state index contributed by atoms with van der Waals surface area (Å²) in [6, 6.07) is 15.8. The SMILES string of the molecule is CC(C)CNC(=O)[C@@H](C)N(Cc1cccc(Cl)c1)C(=O)COc1ccccc1. The van der Waals surface area contributed by atoms with Crippen LogP contribution in [0.4, 0.5) is 0 Å². The van der Waals surface area contributed by atoms with Crippen LogP contribution < -0.4 is 10.1 Å². The molecule has 0 saturated heterocycles. The molecule has 150 valence electrons. The second-order valence-corrected chi connectivity index (χ2v) is 7.50. The molecule has 0 fully saturated rings. The predicted octanol–water partition coefficient (Wildman–Crippen LogP) is 3.91. The van der Waals surface area contributed by atoms with E-state index in [-0.39, 0.29) is 25.0 Å². The Bertz CT molecular complexity index is 780. The molecular weight excluding hydrogens is 376 g/mol. The Labute approximate surface area is 171 Å². The van der Waals surface area contributed by atoms with Crippen LogP contribution in [0.1, 0.15) is 26.3 Å². The van der Waals surface area contributed by atoms with E-state index in [1.54, 1.807) is 31.2 Å². The molecule has 2 aromatic carbocycles. The van der Waals surface area contributed by atoms with Crippen LogP contribution in [0, 0.1) is 5.92 Å². The van der Waals surface area contributed by atoms with Crippen molar-refractivity contribution in [3.05, 3.63) is 65.2 Å². The predicted molar refractivity (Wildman–Crippen MR) is 111 cm³/mol. The summed E-state index contributed by atoms with van der Waals surface area (Å²) in [5, 5.41) is 3.47. The first-order chi connectivity index (χ1) is 13.4. The van der Waals surface area contributed by atoms with Gasteiger partial charge in [0, 0.05) is 18.1 Å². The quantitative estimate of drug-likeness (QED) is 0.691. The molecule has 0 aliphatic rings. The van der Waals surface area contributed by atoms with Crippen molar-refractivity contribution in [1.29, 1.82) is 0 Å². The van der Waals surface area contributed by atoms with Crippen LogP contribution in [-0.2, 0) is 16.1 Å². The fourth-order valence-electron chi connectivity index (χ4n) is 2.61. The Hall–Kier alpha value is -2.53. The third-order valence-corrected chi connectivity index (χ3v) is 4.43. The molecule has 0 heterocycles. The first-order valence-electron chi connectivity index (χ1n) is 9.36. The number of halogens is 1. The number of benzene rings is 2. The van der Waals surface area contributed by atoms with Gasteiger partial charge in [0.05, 0.1) is 0 Å². The molecule has 0 aromatic heterocycles. The summed E-state index contributed by atoms with van der Waals surface area (Å²) in [5.41, 5.74) is 0.851. The first-order valence-corrected chi connectivity index (χ1v) is 9.74. The molecular formula is C22H27ClN2O3. The van der Waals surface area contributed by atoms with Crippen molar-refractivity contribution >= 4 is 23.4 Å². The van der Waals surface area contributed by atoms with Gasteiger partial charge in [-0.15, -0.1) is 0 Å². The number of ether oxygens (including phenoxy) is 1. The van der Waals surface area contributed by atoms with Gasteiger partial charge in [-0.3, -0.25) is 9.59 Å². The van der Waals surface area contributed by atoms with Crippen LogP contribution in [0.25, 0.3) is 0 Å². The topological polar surface area (TPSA) is 58.6 Å². The van der Waals surface area contributed by atoms with Gasteiger partial charge in [0.25, 0.3) is 5.91 Å². The number of nitrogens with one attached hydrogen (secondary N) is 1. The number of carbonyl (C=O) groups excluding carboxylic acids is 2. The van der Waals surface area contributed by atoms with E-state index in [1.165, 1.54) is 4.90 Å². The highest BCUT2D eigenvalue weighted by atomic mass is 35.5. The molecule has 0 radical (unpaired) electrons. The second kappa shape index (κ2) is 10.7. The zero-order valence-electron chi connectivity index (χ0n) is 16.5. The number of hydrogen-bond donors (Lipinski definition) is 1. The van der Waals surface area contributed by atoms with Gasteiger partial charge in [-0.25, -0.2) is 0 Å². The summed E-state index contributed by atoms with van der Waals surface area (Å²) < 4.78 is 5.59. The Morgan fingerprint density at radius 1 is 1.07 bits per heavy atom. The second-order valence-electron chi connectivity index (χ2n) is 7.07. The van der Waals surface area contributed by atoms with Gasteiger partial charge in [0.15, 0.2) is 6.61 Å². The molecule has 0 aliphatic carbocycles. The number of carbonyl (C=O) groups is 2. The first kappa shape index (κ1) is 21.8.